The number of rotatable bonds is 5. The molecule has 2 rings (SSSR count). The average molecular weight is 291 g/mol. The number of pyridine rings is 1. The van der Waals surface area contributed by atoms with Crippen molar-refractivity contribution in [2.75, 3.05) is 31.1 Å². The lowest BCUT2D eigenvalue weighted by atomic mass is 10.0. The summed E-state index contributed by atoms with van der Waals surface area (Å²) >= 11 is 0. The largest absolute Gasteiger partial charge is 0.372 e. The second kappa shape index (κ2) is 6.75. The molecule has 0 saturated carbocycles. The van der Waals surface area contributed by atoms with Gasteiger partial charge in [0, 0.05) is 30.9 Å². The summed E-state index contributed by atoms with van der Waals surface area (Å²) in [7, 11) is 0. The fourth-order valence-corrected chi connectivity index (χ4v) is 2.91. The molecule has 1 aromatic rings. The molecule has 0 radical (unpaired) electrons. The van der Waals surface area contributed by atoms with Gasteiger partial charge < -0.3 is 15.0 Å². The number of ether oxygens (including phenoxy) is 1. The number of anilines is 1. The fourth-order valence-electron chi connectivity index (χ4n) is 2.91. The van der Waals surface area contributed by atoms with Gasteiger partial charge in [-0.2, -0.15) is 0 Å². The lowest BCUT2D eigenvalue weighted by Crippen LogP contribution is -2.49. The highest BCUT2D eigenvalue weighted by Crippen LogP contribution is 2.27. The predicted molar refractivity (Wildman–Crippen MR) is 88.0 cm³/mol. The van der Waals surface area contributed by atoms with Crippen LogP contribution in [0.1, 0.15) is 44.0 Å². The van der Waals surface area contributed by atoms with E-state index in [9.17, 15) is 0 Å². The van der Waals surface area contributed by atoms with E-state index in [2.05, 4.69) is 50.9 Å². The zero-order chi connectivity index (χ0) is 15.5. The second-order valence-corrected chi connectivity index (χ2v) is 6.59. The molecule has 0 bridgehead atoms. The van der Waals surface area contributed by atoms with Crippen LogP contribution in [-0.4, -0.2) is 36.8 Å². The third kappa shape index (κ3) is 4.17. The topological polar surface area (TPSA) is 37.4 Å². The van der Waals surface area contributed by atoms with Crippen molar-refractivity contribution < 1.29 is 4.74 Å². The lowest BCUT2D eigenvalue weighted by molar-refractivity contribution is -0.0279. The first-order valence-corrected chi connectivity index (χ1v) is 7.99. The number of hydrogen-bond acceptors (Lipinski definition) is 4. The van der Waals surface area contributed by atoms with Crippen molar-refractivity contribution in [3.8, 4) is 0 Å². The molecule has 0 aliphatic carbocycles. The summed E-state index contributed by atoms with van der Waals surface area (Å²) in [4.78, 5) is 7.21. The molecule has 1 aromatic heterocycles. The Hall–Kier alpha value is -1.13. The molecule has 1 aliphatic rings. The predicted octanol–water partition coefficient (Wildman–Crippen LogP) is 2.81. The maximum absolute atomic E-state index is 5.83. The van der Waals surface area contributed by atoms with Crippen LogP contribution in [0.4, 0.5) is 5.82 Å². The molecular weight excluding hydrogens is 262 g/mol. The normalized spacial score (nSPS) is 18.0. The summed E-state index contributed by atoms with van der Waals surface area (Å²) < 4.78 is 5.83. The molecule has 0 aromatic carbocycles. The monoisotopic (exact) mass is 291 g/mol. The number of morpholine rings is 1. The first kappa shape index (κ1) is 16.2. The number of aryl methyl sites for hydroxylation is 2. The molecule has 118 valence electrons. The van der Waals surface area contributed by atoms with Gasteiger partial charge in [0.15, 0.2) is 0 Å². The second-order valence-electron chi connectivity index (χ2n) is 6.59. The Balaban J connectivity index is 2.27. The van der Waals surface area contributed by atoms with Crippen molar-refractivity contribution in [2.24, 2.45) is 0 Å². The van der Waals surface area contributed by atoms with Crippen LogP contribution in [0.3, 0.4) is 0 Å². The minimum Gasteiger partial charge on any atom is -0.372 e. The molecular formula is C17H29N3O. The van der Waals surface area contributed by atoms with E-state index in [0.717, 1.165) is 50.7 Å². The van der Waals surface area contributed by atoms with Gasteiger partial charge in [-0.25, -0.2) is 4.98 Å². The molecule has 4 heteroatoms. The van der Waals surface area contributed by atoms with Crippen LogP contribution >= 0.6 is 0 Å². The van der Waals surface area contributed by atoms with Gasteiger partial charge >= 0.3 is 0 Å². The van der Waals surface area contributed by atoms with Crippen LogP contribution in [0.2, 0.25) is 0 Å². The number of aromatic nitrogens is 1. The molecule has 2 heterocycles. The van der Waals surface area contributed by atoms with E-state index in [1.54, 1.807) is 0 Å². The van der Waals surface area contributed by atoms with Gasteiger partial charge in [0.25, 0.3) is 0 Å². The van der Waals surface area contributed by atoms with Crippen molar-refractivity contribution in [3.05, 3.63) is 22.9 Å². The Kier molecular flexibility index (Phi) is 5.22. The van der Waals surface area contributed by atoms with Crippen LogP contribution in [-0.2, 0) is 11.3 Å². The summed E-state index contributed by atoms with van der Waals surface area (Å²) in [5.74, 6) is 1.13. The van der Waals surface area contributed by atoms with E-state index >= 15 is 0 Å². The van der Waals surface area contributed by atoms with Crippen molar-refractivity contribution in [1.29, 1.82) is 0 Å². The van der Waals surface area contributed by atoms with Gasteiger partial charge in [0.05, 0.1) is 12.2 Å². The quantitative estimate of drug-likeness (QED) is 0.847. The van der Waals surface area contributed by atoms with Gasteiger partial charge in [-0.1, -0.05) is 6.92 Å². The zero-order valence-corrected chi connectivity index (χ0v) is 14.1. The summed E-state index contributed by atoms with van der Waals surface area (Å²) in [6.45, 7) is 15.3. The van der Waals surface area contributed by atoms with Gasteiger partial charge in [-0.3, -0.25) is 0 Å². The van der Waals surface area contributed by atoms with Gasteiger partial charge in [0.1, 0.15) is 5.82 Å². The maximum atomic E-state index is 5.83. The molecule has 0 amide bonds. The third-order valence-electron chi connectivity index (χ3n) is 3.91. The van der Waals surface area contributed by atoms with Crippen LogP contribution < -0.4 is 10.2 Å². The average Bonchev–Trinajstić information content (AvgIpc) is 2.39. The molecule has 4 nitrogen and oxygen atoms in total. The Morgan fingerprint density at radius 3 is 2.81 bits per heavy atom. The van der Waals surface area contributed by atoms with E-state index in [4.69, 9.17) is 9.72 Å². The molecule has 1 saturated heterocycles. The Bertz CT molecular complexity index is 485. The van der Waals surface area contributed by atoms with Crippen molar-refractivity contribution >= 4 is 5.82 Å². The van der Waals surface area contributed by atoms with Crippen LogP contribution in [0.25, 0.3) is 0 Å². The van der Waals surface area contributed by atoms with Crippen LogP contribution in [0.5, 0.6) is 0 Å². The summed E-state index contributed by atoms with van der Waals surface area (Å²) in [6, 6.07) is 2.18. The highest BCUT2D eigenvalue weighted by atomic mass is 16.5. The standard InChI is InChI=1S/C17H29N3O/c1-6-7-18-11-15-13(2)10-14(3)19-16(15)20-8-9-21-17(4,5)12-20/h10,18H,6-9,11-12H2,1-5H3. The van der Waals surface area contributed by atoms with Crippen molar-refractivity contribution in [1.82, 2.24) is 10.3 Å². The zero-order valence-electron chi connectivity index (χ0n) is 14.1. The minimum atomic E-state index is -0.105. The molecule has 1 N–H and O–H groups in total. The lowest BCUT2D eigenvalue weighted by Gasteiger charge is -2.39. The van der Waals surface area contributed by atoms with E-state index in [-0.39, 0.29) is 5.60 Å². The first-order valence-electron chi connectivity index (χ1n) is 7.99. The van der Waals surface area contributed by atoms with E-state index in [1.165, 1.54) is 11.1 Å². The van der Waals surface area contributed by atoms with Crippen LogP contribution in [0.15, 0.2) is 6.07 Å². The van der Waals surface area contributed by atoms with E-state index in [1.807, 2.05) is 0 Å². The molecule has 21 heavy (non-hydrogen) atoms. The van der Waals surface area contributed by atoms with Crippen LogP contribution in [0, 0.1) is 13.8 Å². The SMILES string of the molecule is CCCNCc1c(C)cc(C)nc1N1CCOC(C)(C)C1. The molecule has 0 atom stereocenters. The Morgan fingerprint density at radius 1 is 1.38 bits per heavy atom. The number of nitrogens with one attached hydrogen (secondary N) is 1. The summed E-state index contributed by atoms with van der Waals surface area (Å²) in [5.41, 5.74) is 3.63. The third-order valence-corrected chi connectivity index (χ3v) is 3.91. The Labute approximate surface area is 128 Å². The van der Waals surface area contributed by atoms with Gasteiger partial charge in [-0.15, -0.1) is 0 Å². The molecule has 1 aliphatic heterocycles. The van der Waals surface area contributed by atoms with E-state index < -0.39 is 0 Å². The molecule has 1 fully saturated rings. The summed E-state index contributed by atoms with van der Waals surface area (Å²) in [5, 5.41) is 3.51. The van der Waals surface area contributed by atoms with Gasteiger partial charge in [-0.05, 0) is 52.3 Å². The van der Waals surface area contributed by atoms with Crippen molar-refractivity contribution in [2.45, 2.75) is 53.2 Å². The van der Waals surface area contributed by atoms with Crippen molar-refractivity contribution in [3.63, 3.8) is 0 Å². The number of hydrogen-bond donors (Lipinski definition) is 1. The fraction of sp³-hybridized carbons (Fsp3) is 0.706. The smallest absolute Gasteiger partial charge is 0.133 e. The van der Waals surface area contributed by atoms with E-state index in [0.29, 0.717) is 0 Å². The first-order chi connectivity index (χ1) is 9.93. The Morgan fingerprint density at radius 2 is 2.14 bits per heavy atom. The highest BCUT2D eigenvalue weighted by molar-refractivity contribution is 5.52. The maximum Gasteiger partial charge on any atom is 0.133 e. The molecule has 0 unspecified atom stereocenters. The van der Waals surface area contributed by atoms with Gasteiger partial charge in [0.2, 0.25) is 0 Å². The highest BCUT2D eigenvalue weighted by Gasteiger charge is 2.29. The molecule has 0 spiro atoms. The number of nitrogens with zero attached hydrogens (tertiary/aromatic N) is 2. The minimum absolute atomic E-state index is 0.105. The summed E-state index contributed by atoms with van der Waals surface area (Å²) in [6.07, 6.45) is 1.15.